The van der Waals surface area contributed by atoms with Crippen molar-refractivity contribution in [2.24, 2.45) is 11.7 Å². The Kier molecular flexibility index (Phi) is 5.65. The van der Waals surface area contributed by atoms with Crippen molar-refractivity contribution in [3.05, 3.63) is 0 Å². The highest BCUT2D eigenvalue weighted by Gasteiger charge is 2.19. The van der Waals surface area contributed by atoms with Crippen LogP contribution in [-0.4, -0.2) is 43.5 Å². The summed E-state index contributed by atoms with van der Waals surface area (Å²) >= 11 is 0. The van der Waals surface area contributed by atoms with Gasteiger partial charge in [0.2, 0.25) is 5.91 Å². The van der Waals surface area contributed by atoms with Crippen LogP contribution in [0.4, 0.5) is 0 Å². The van der Waals surface area contributed by atoms with Gasteiger partial charge in [-0.3, -0.25) is 9.69 Å². The van der Waals surface area contributed by atoms with E-state index in [-0.39, 0.29) is 5.91 Å². The van der Waals surface area contributed by atoms with Gasteiger partial charge in [0.1, 0.15) is 0 Å². The molecule has 0 aromatic heterocycles. The van der Waals surface area contributed by atoms with E-state index in [0.29, 0.717) is 12.5 Å². The third-order valence-corrected chi connectivity index (χ3v) is 2.98. The van der Waals surface area contributed by atoms with Crippen molar-refractivity contribution in [2.75, 3.05) is 32.7 Å². The maximum Gasteiger partial charge on any atom is 0.234 e. The molecule has 0 aliphatic carbocycles. The van der Waals surface area contributed by atoms with E-state index in [0.717, 1.165) is 45.4 Å². The number of hydrogen-bond donors (Lipinski definition) is 2. The Morgan fingerprint density at radius 2 is 2.13 bits per heavy atom. The molecule has 88 valence electrons. The lowest BCUT2D eigenvalue weighted by atomic mass is 9.97. The molecule has 0 aromatic rings. The van der Waals surface area contributed by atoms with E-state index in [4.69, 9.17) is 5.73 Å². The molecule has 0 radical (unpaired) electrons. The summed E-state index contributed by atoms with van der Waals surface area (Å²) in [5.41, 5.74) is 5.62. The zero-order chi connectivity index (χ0) is 11.1. The topological polar surface area (TPSA) is 58.4 Å². The monoisotopic (exact) mass is 213 g/mol. The van der Waals surface area contributed by atoms with Gasteiger partial charge in [0.25, 0.3) is 0 Å². The van der Waals surface area contributed by atoms with Gasteiger partial charge in [-0.05, 0) is 44.8 Å². The first kappa shape index (κ1) is 12.5. The van der Waals surface area contributed by atoms with Crippen molar-refractivity contribution in [1.82, 2.24) is 10.2 Å². The minimum atomic E-state index is 0.156. The molecule has 1 heterocycles. The average Bonchev–Trinajstić information content (AvgIpc) is 2.27. The Morgan fingerprint density at radius 3 is 2.67 bits per heavy atom. The summed E-state index contributed by atoms with van der Waals surface area (Å²) in [5, 5.41) is 2.90. The maximum absolute atomic E-state index is 11.4. The second-order valence-corrected chi connectivity index (χ2v) is 4.31. The molecule has 1 fully saturated rings. The number of hydrogen-bond acceptors (Lipinski definition) is 3. The molecule has 0 aromatic carbocycles. The van der Waals surface area contributed by atoms with Crippen molar-refractivity contribution >= 4 is 5.91 Å². The van der Waals surface area contributed by atoms with Crippen LogP contribution in [0.3, 0.4) is 0 Å². The van der Waals surface area contributed by atoms with Gasteiger partial charge in [0.15, 0.2) is 0 Å². The number of likely N-dealkylation sites (tertiary alicyclic amines) is 1. The van der Waals surface area contributed by atoms with Crippen molar-refractivity contribution in [1.29, 1.82) is 0 Å². The lowest BCUT2D eigenvalue weighted by molar-refractivity contribution is -0.122. The molecule has 0 bridgehead atoms. The first-order valence-electron chi connectivity index (χ1n) is 5.95. The third-order valence-electron chi connectivity index (χ3n) is 2.98. The molecule has 3 N–H and O–H groups in total. The minimum Gasteiger partial charge on any atom is -0.355 e. The van der Waals surface area contributed by atoms with Crippen LogP contribution in [0.15, 0.2) is 0 Å². The van der Waals surface area contributed by atoms with E-state index in [1.54, 1.807) is 0 Å². The van der Waals surface area contributed by atoms with Gasteiger partial charge in [-0.25, -0.2) is 0 Å². The standard InChI is InChI=1S/C11H23N3O/c1-2-5-13-11(15)9-14-6-3-10(8-12)4-7-14/h10H,2-9,12H2,1H3,(H,13,15). The van der Waals surface area contributed by atoms with Crippen molar-refractivity contribution in [3.8, 4) is 0 Å². The number of carbonyl (C=O) groups excluding carboxylic acids is 1. The zero-order valence-electron chi connectivity index (χ0n) is 9.67. The Balaban J connectivity index is 2.15. The predicted octanol–water partition coefficient (Wildman–Crippen LogP) is 0.183. The third kappa shape index (κ3) is 4.62. The smallest absolute Gasteiger partial charge is 0.234 e. The van der Waals surface area contributed by atoms with Gasteiger partial charge in [-0.15, -0.1) is 0 Å². The summed E-state index contributed by atoms with van der Waals surface area (Å²) < 4.78 is 0. The first-order valence-corrected chi connectivity index (χ1v) is 5.95. The van der Waals surface area contributed by atoms with Crippen LogP contribution in [0.1, 0.15) is 26.2 Å². The molecule has 0 spiro atoms. The number of piperidine rings is 1. The highest BCUT2D eigenvalue weighted by molar-refractivity contribution is 5.77. The fourth-order valence-corrected chi connectivity index (χ4v) is 1.90. The molecule has 1 amide bonds. The van der Waals surface area contributed by atoms with Crippen LogP contribution in [0.25, 0.3) is 0 Å². The highest BCUT2D eigenvalue weighted by atomic mass is 16.2. The zero-order valence-corrected chi connectivity index (χ0v) is 9.67. The summed E-state index contributed by atoms with van der Waals surface area (Å²) in [6.07, 6.45) is 3.27. The van der Waals surface area contributed by atoms with Crippen molar-refractivity contribution < 1.29 is 4.79 Å². The lowest BCUT2D eigenvalue weighted by Gasteiger charge is -2.30. The molecule has 0 atom stereocenters. The Bertz CT molecular complexity index is 188. The second-order valence-electron chi connectivity index (χ2n) is 4.31. The maximum atomic E-state index is 11.4. The van der Waals surface area contributed by atoms with Crippen LogP contribution >= 0.6 is 0 Å². The number of amides is 1. The van der Waals surface area contributed by atoms with Gasteiger partial charge in [-0.1, -0.05) is 6.92 Å². The molecule has 4 heteroatoms. The average molecular weight is 213 g/mol. The van der Waals surface area contributed by atoms with E-state index in [9.17, 15) is 4.79 Å². The SMILES string of the molecule is CCCNC(=O)CN1CCC(CN)CC1. The molecule has 4 nitrogen and oxygen atoms in total. The van der Waals surface area contributed by atoms with Crippen LogP contribution in [0.2, 0.25) is 0 Å². The van der Waals surface area contributed by atoms with Gasteiger partial charge in [-0.2, -0.15) is 0 Å². The molecular formula is C11H23N3O. The fraction of sp³-hybridized carbons (Fsp3) is 0.909. The summed E-state index contributed by atoms with van der Waals surface area (Å²) in [6, 6.07) is 0. The van der Waals surface area contributed by atoms with Gasteiger partial charge >= 0.3 is 0 Å². The first-order chi connectivity index (χ1) is 7.26. The summed E-state index contributed by atoms with van der Waals surface area (Å²) in [4.78, 5) is 13.7. The fourth-order valence-electron chi connectivity index (χ4n) is 1.90. The molecule has 1 rings (SSSR count). The molecule has 15 heavy (non-hydrogen) atoms. The number of nitrogens with zero attached hydrogens (tertiary/aromatic N) is 1. The molecule has 0 saturated carbocycles. The van der Waals surface area contributed by atoms with Gasteiger partial charge in [0, 0.05) is 6.54 Å². The lowest BCUT2D eigenvalue weighted by Crippen LogP contribution is -2.42. The molecule has 1 aliphatic heterocycles. The quantitative estimate of drug-likeness (QED) is 0.685. The Morgan fingerprint density at radius 1 is 1.47 bits per heavy atom. The van der Waals surface area contributed by atoms with Crippen LogP contribution < -0.4 is 11.1 Å². The normalized spacial score (nSPS) is 19.1. The number of nitrogens with one attached hydrogen (secondary N) is 1. The molecule has 1 aliphatic rings. The van der Waals surface area contributed by atoms with E-state index in [1.807, 2.05) is 0 Å². The van der Waals surface area contributed by atoms with E-state index < -0.39 is 0 Å². The van der Waals surface area contributed by atoms with E-state index in [1.165, 1.54) is 0 Å². The van der Waals surface area contributed by atoms with Crippen LogP contribution in [-0.2, 0) is 4.79 Å². The second kappa shape index (κ2) is 6.80. The Labute approximate surface area is 92.2 Å². The number of rotatable bonds is 5. The summed E-state index contributed by atoms with van der Waals surface area (Å²) in [6.45, 7) is 6.22. The van der Waals surface area contributed by atoms with Gasteiger partial charge < -0.3 is 11.1 Å². The summed E-state index contributed by atoms with van der Waals surface area (Å²) in [5.74, 6) is 0.822. The van der Waals surface area contributed by atoms with Gasteiger partial charge in [0.05, 0.1) is 6.54 Å². The predicted molar refractivity (Wildman–Crippen MR) is 61.5 cm³/mol. The van der Waals surface area contributed by atoms with E-state index >= 15 is 0 Å². The van der Waals surface area contributed by atoms with E-state index in [2.05, 4.69) is 17.1 Å². The summed E-state index contributed by atoms with van der Waals surface area (Å²) in [7, 11) is 0. The van der Waals surface area contributed by atoms with Crippen LogP contribution in [0.5, 0.6) is 0 Å². The molecule has 1 saturated heterocycles. The van der Waals surface area contributed by atoms with Crippen molar-refractivity contribution in [2.45, 2.75) is 26.2 Å². The molecular weight excluding hydrogens is 190 g/mol. The number of nitrogens with two attached hydrogens (primary N) is 1. The largest absolute Gasteiger partial charge is 0.355 e. The minimum absolute atomic E-state index is 0.156. The number of carbonyl (C=O) groups is 1. The van der Waals surface area contributed by atoms with Crippen LogP contribution in [0, 0.1) is 5.92 Å². The van der Waals surface area contributed by atoms with Crippen molar-refractivity contribution in [3.63, 3.8) is 0 Å². The molecule has 0 unspecified atom stereocenters. The Hall–Kier alpha value is -0.610. The highest BCUT2D eigenvalue weighted by Crippen LogP contribution is 2.14.